The van der Waals surface area contributed by atoms with E-state index in [1.54, 1.807) is 7.05 Å². The van der Waals surface area contributed by atoms with Gasteiger partial charge in [0.05, 0.1) is 6.10 Å². The molecule has 0 amide bonds. The first-order chi connectivity index (χ1) is 12.4. The average Bonchev–Trinajstić information content (AvgIpc) is 2.62. The van der Waals surface area contributed by atoms with Crippen LogP contribution < -0.4 is 10.6 Å². The molecule has 0 radical (unpaired) electrons. The first-order valence-electron chi connectivity index (χ1n) is 8.68. The van der Waals surface area contributed by atoms with Crippen molar-refractivity contribution in [2.24, 2.45) is 4.99 Å². The van der Waals surface area contributed by atoms with Crippen LogP contribution in [-0.2, 0) is 9.47 Å². The smallest absolute Gasteiger partial charge is 0.374 e. The minimum Gasteiger partial charge on any atom is -0.374 e. The van der Waals surface area contributed by atoms with Crippen LogP contribution in [0.5, 0.6) is 0 Å². The number of hydrogen-bond donors (Lipinski definition) is 2. The maximum Gasteiger partial charge on any atom is 0.411 e. The molecule has 1 aromatic rings. The molecule has 26 heavy (non-hydrogen) atoms. The van der Waals surface area contributed by atoms with Crippen molar-refractivity contribution in [1.82, 2.24) is 10.6 Å². The minimum absolute atomic E-state index is 0.0466. The fourth-order valence-electron chi connectivity index (χ4n) is 2.15. The number of ether oxygens (including phenoxy) is 2. The van der Waals surface area contributed by atoms with Crippen molar-refractivity contribution in [3.8, 4) is 0 Å². The van der Waals surface area contributed by atoms with Crippen molar-refractivity contribution in [3.63, 3.8) is 0 Å². The molecule has 0 aromatic heterocycles. The topological polar surface area (TPSA) is 54.9 Å². The van der Waals surface area contributed by atoms with Crippen LogP contribution in [0.4, 0.5) is 13.2 Å². The van der Waals surface area contributed by atoms with Gasteiger partial charge < -0.3 is 20.1 Å². The van der Waals surface area contributed by atoms with Gasteiger partial charge in [0, 0.05) is 33.4 Å². The van der Waals surface area contributed by atoms with Gasteiger partial charge in [0.1, 0.15) is 6.61 Å². The lowest BCUT2D eigenvalue weighted by Crippen LogP contribution is -2.38. The summed E-state index contributed by atoms with van der Waals surface area (Å²) in [5.74, 6) is 0.608. The predicted octanol–water partition coefficient (Wildman–Crippen LogP) is 3.29. The molecule has 1 unspecified atom stereocenters. The van der Waals surface area contributed by atoms with Crippen molar-refractivity contribution in [1.29, 1.82) is 0 Å². The van der Waals surface area contributed by atoms with Crippen LogP contribution in [0, 0.1) is 0 Å². The Hall–Kier alpha value is -1.80. The number of rotatable bonds is 11. The van der Waals surface area contributed by atoms with Crippen molar-refractivity contribution in [2.45, 2.75) is 32.0 Å². The Balaban J connectivity index is 2.04. The molecule has 0 heterocycles. The number of guanidine groups is 1. The summed E-state index contributed by atoms with van der Waals surface area (Å²) in [5.41, 5.74) is 1.14. The van der Waals surface area contributed by atoms with Crippen LogP contribution in [0.15, 0.2) is 35.3 Å². The number of hydrogen-bond acceptors (Lipinski definition) is 3. The van der Waals surface area contributed by atoms with Gasteiger partial charge in [-0.1, -0.05) is 30.3 Å². The second kappa shape index (κ2) is 12.5. The van der Waals surface area contributed by atoms with Gasteiger partial charge in [0.2, 0.25) is 0 Å². The monoisotopic (exact) mass is 375 g/mol. The van der Waals surface area contributed by atoms with Crippen LogP contribution in [0.25, 0.3) is 0 Å². The number of nitrogens with zero attached hydrogens (tertiary/aromatic N) is 1. The number of nitrogens with one attached hydrogen (secondary N) is 2. The van der Waals surface area contributed by atoms with E-state index >= 15 is 0 Å². The quantitative estimate of drug-likeness (QED) is 0.354. The second-order valence-corrected chi connectivity index (χ2v) is 5.72. The summed E-state index contributed by atoms with van der Waals surface area (Å²) in [6.45, 7) is 2.65. The van der Waals surface area contributed by atoms with Gasteiger partial charge in [-0.2, -0.15) is 13.2 Å². The van der Waals surface area contributed by atoms with E-state index in [0.29, 0.717) is 32.1 Å². The molecule has 0 aliphatic heterocycles. The van der Waals surface area contributed by atoms with Crippen molar-refractivity contribution in [3.05, 3.63) is 35.9 Å². The Kier molecular flexibility index (Phi) is 10.7. The van der Waals surface area contributed by atoms with Gasteiger partial charge in [0.25, 0.3) is 0 Å². The summed E-state index contributed by atoms with van der Waals surface area (Å²) in [6, 6.07) is 10.0. The highest BCUT2D eigenvalue weighted by Crippen LogP contribution is 2.15. The summed E-state index contributed by atoms with van der Waals surface area (Å²) in [7, 11) is 1.64. The fraction of sp³-hybridized carbons (Fsp3) is 0.611. The molecule has 0 aliphatic carbocycles. The molecular weight excluding hydrogens is 347 g/mol. The number of halogens is 3. The lowest BCUT2D eigenvalue weighted by Gasteiger charge is -2.15. The number of alkyl halides is 3. The second-order valence-electron chi connectivity index (χ2n) is 5.72. The normalized spacial score (nSPS) is 13.5. The number of benzene rings is 1. The highest BCUT2D eigenvalue weighted by Gasteiger charge is 2.27. The molecule has 8 heteroatoms. The standard InChI is InChI=1S/C18H28F3N3O2/c1-15(16-8-4-3-5-9-16)26-13-7-11-24-17(22-2)23-10-6-12-25-14-18(19,20)21/h3-5,8-9,15H,6-7,10-14H2,1-2H3,(H2,22,23,24). The lowest BCUT2D eigenvalue weighted by atomic mass is 10.1. The van der Waals surface area contributed by atoms with Gasteiger partial charge >= 0.3 is 6.18 Å². The van der Waals surface area contributed by atoms with E-state index in [9.17, 15) is 13.2 Å². The van der Waals surface area contributed by atoms with Crippen molar-refractivity contribution < 1.29 is 22.6 Å². The van der Waals surface area contributed by atoms with E-state index in [4.69, 9.17) is 4.74 Å². The fourth-order valence-corrected chi connectivity index (χ4v) is 2.15. The third kappa shape index (κ3) is 10.9. The van der Waals surface area contributed by atoms with E-state index in [-0.39, 0.29) is 12.7 Å². The summed E-state index contributed by atoms with van der Waals surface area (Å²) in [5, 5.41) is 6.17. The highest BCUT2D eigenvalue weighted by molar-refractivity contribution is 5.79. The summed E-state index contributed by atoms with van der Waals surface area (Å²) in [4.78, 5) is 4.06. The Bertz CT molecular complexity index is 510. The molecule has 2 N–H and O–H groups in total. The highest BCUT2D eigenvalue weighted by atomic mass is 19.4. The zero-order valence-corrected chi connectivity index (χ0v) is 15.3. The average molecular weight is 375 g/mol. The zero-order chi connectivity index (χ0) is 19.3. The van der Waals surface area contributed by atoms with Crippen LogP contribution >= 0.6 is 0 Å². The molecule has 1 atom stereocenters. The van der Waals surface area contributed by atoms with Gasteiger partial charge in [0.15, 0.2) is 5.96 Å². The van der Waals surface area contributed by atoms with E-state index in [2.05, 4.69) is 20.4 Å². The van der Waals surface area contributed by atoms with Gasteiger partial charge in [-0.15, -0.1) is 0 Å². The van der Waals surface area contributed by atoms with Gasteiger partial charge in [-0.05, 0) is 25.3 Å². The maximum atomic E-state index is 11.9. The summed E-state index contributed by atoms with van der Waals surface area (Å²) in [6.07, 6.45) is -2.95. The summed E-state index contributed by atoms with van der Waals surface area (Å²) >= 11 is 0. The van der Waals surface area contributed by atoms with Gasteiger partial charge in [-0.25, -0.2) is 0 Å². The molecule has 0 fully saturated rings. The maximum absolute atomic E-state index is 11.9. The van der Waals surface area contributed by atoms with E-state index in [1.165, 1.54) is 0 Å². The van der Waals surface area contributed by atoms with E-state index < -0.39 is 12.8 Å². The Morgan fingerprint density at radius 2 is 1.69 bits per heavy atom. The SMILES string of the molecule is CN=C(NCCCOCC(F)(F)F)NCCCOC(C)c1ccccc1. The first-order valence-corrected chi connectivity index (χ1v) is 8.68. The van der Waals surface area contributed by atoms with Crippen LogP contribution in [-0.4, -0.2) is 52.1 Å². The zero-order valence-electron chi connectivity index (χ0n) is 15.3. The Morgan fingerprint density at radius 3 is 2.27 bits per heavy atom. The minimum atomic E-state index is -4.27. The van der Waals surface area contributed by atoms with Crippen LogP contribution in [0.2, 0.25) is 0 Å². The molecular formula is C18H28F3N3O2. The lowest BCUT2D eigenvalue weighted by molar-refractivity contribution is -0.173. The molecule has 0 saturated heterocycles. The first kappa shape index (κ1) is 22.2. The molecule has 1 aromatic carbocycles. The third-order valence-corrected chi connectivity index (χ3v) is 3.50. The predicted molar refractivity (Wildman–Crippen MR) is 96.3 cm³/mol. The molecule has 0 bridgehead atoms. The Labute approximate surface area is 153 Å². The Morgan fingerprint density at radius 1 is 1.08 bits per heavy atom. The third-order valence-electron chi connectivity index (χ3n) is 3.50. The van der Waals surface area contributed by atoms with Crippen molar-refractivity contribution in [2.75, 3.05) is 40.0 Å². The van der Waals surface area contributed by atoms with Crippen LogP contribution in [0.3, 0.4) is 0 Å². The van der Waals surface area contributed by atoms with Crippen LogP contribution in [0.1, 0.15) is 31.4 Å². The molecule has 5 nitrogen and oxygen atoms in total. The van der Waals surface area contributed by atoms with Crippen molar-refractivity contribution >= 4 is 5.96 Å². The molecule has 0 saturated carbocycles. The van der Waals surface area contributed by atoms with E-state index in [1.807, 2.05) is 37.3 Å². The molecule has 148 valence electrons. The molecule has 0 spiro atoms. The van der Waals surface area contributed by atoms with Gasteiger partial charge in [-0.3, -0.25) is 4.99 Å². The molecule has 0 aliphatic rings. The molecule has 1 rings (SSSR count). The van der Waals surface area contributed by atoms with E-state index in [0.717, 1.165) is 12.0 Å². The largest absolute Gasteiger partial charge is 0.411 e. The number of aliphatic imine (C=N–C) groups is 1. The summed E-state index contributed by atoms with van der Waals surface area (Å²) < 4.78 is 46.1.